The van der Waals surface area contributed by atoms with Gasteiger partial charge in [0.1, 0.15) is 0 Å². The van der Waals surface area contributed by atoms with E-state index in [2.05, 4.69) is 10.1 Å². The van der Waals surface area contributed by atoms with Gasteiger partial charge in [0.15, 0.2) is 11.5 Å². The van der Waals surface area contributed by atoms with Gasteiger partial charge in [0, 0.05) is 25.7 Å². The molecule has 0 bridgehead atoms. The van der Waals surface area contributed by atoms with Crippen LogP contribution >= 0.6 is 0 Å². The third-order valence-electron chi connectivity index (χ3n) is 2.67. The molecule has 0 aromatic heterocycles. The van der Waals surface area contributed by atoms with Crippen molar-refractivity contribution in [2.45, 2.75) is 6.61 Å². The Kier molecular flexibility index (Phi) is 6.17. The number of benzene rings is 1. The minimum Gasteiger partial charge on any atom is -0.493 e. The number of ether oxygens (including phenoxy) is 2. The summed E-state index contributed by atoms with van der Waals surface area (Å²) >= 11 is 0. The second kappa shape index (κ2) is 7.64. The van der Waals surface area contributed by atoms with Crippen LogP contribution in [-0.4, -0.2) is 51.7 Å². The summed E-state index contributed by atoms with van der Waals surface area (Å²) in [5, 5.41) is 2.92. The minimum atomic E-state index is -2.98. The van der Waals surface area contributed by atoms with Crippen LogP contribution in [0, 0.1) is 0 Å². The molecular weight excluding hydrogens is 270 g/mol. The number of rotatable bonds is 7. The van der Waals surface area contributed by atoms with Crippen LogP contribution in [0.5, 0.6) is 11.5 Å². The second-order valence-corrected chi connectivity index (χ2v) is 4.07. The average molecular weight is 288 g/mol. The van der Waals surface area contributed by atoms with Crippen LogP contribution in [0.3, 0.4) is 0 Å². The smallest absolute Gasteiger partial charge is 0.387 e. The Labute approximate surface area is 116 Å². The fraction of sp³-hybridized carbons (Fsp3) is 0.462. The van der Waals surface area contributed by atoms with Crippen molar-refractivity contribution >= 4 is 5.91 Å². The Hall–Kier alpha value is -1.89. The molecule has 7 heteroatoms. The van der Waals surface area contributed by atoms with Crippen molar-refractivity contribution in [2.75, 3.05) is 34.3 Å². The van der Waals surface area contributed by atoms with Crippen molar-refractivity contribution in [1.29, 1.82) is 0 Å². The van der Waals surface area contributed by atoms with Crippen LogP contribution < -0.4 is 14.8 Å². The summed E-state index contributed by atoms with van der Waals surface area (Å²) in [5.74, 6) is -0.280. The first-order chi connectivity index (χ1) is 9.49. The Bertz CT molecular complexity index is 455. The summed E-state index contributed by atoms with van der Waals surface area (Å²) in [6.45, 7) is -1.83. The highest BCUT2D eigenvalue weighted by molar-refractivity contribution is 5.94. The van der Waals surface area contributed by atoms with Crippen molar-refractivity contribution in [3.8, 4) is 11.5 Å². The molecule has 5 nitrogen and oxygen atoms in total. The third-order valence-corrected chi connectivity index (χ3v) is 2.67. The third kappa shape index (κ3) is 4.34. The van der Waals surface area contributed by atoms with Crippen molar-refractivity contribution in [1.82, 2.24) is 10.2 Å². The standard InChI is InChI=1S/C13H18F2N2O3/c1-16-6-7-17(2)12(18)9-4-5-10(19-3)11(8-9)20-13(14)15/h4-5,8,13,16H,6-7H2,1-3H3. The highest BCUT2D eigenvalue weighted by atomic mass is 19.3. The largest absolute Gasteiger partial charge is 0.493 e. The van der Waals surface area contributed by atoms with E-state index in [1.165, 1.54) is 30.2 Å². The van der Waals surface area contributed by atoms with E-state index in [9.17, 15) is 13.6 Å². The van der Waals surface area contributed by atoms with Gasteiger partial charge in [-0.05, 0) is 25.2 Å². The molecule has 1 amide bonds. The zero-order valence-electron chi connectivity index (χ0n) is 11.7. The molecule has 0 aliphatic heterocycles. The molecular formula is C13H18F2N2O3. The molecule has 1 aromatic carbocycles. The van der Waals surface area contributed by atoms with Crippen LogP contribution in [-0.2, 0) is 0 Å². The number of methoxy groups -OCH3 is 1. The summed E-state index contributed by atoms with van der Waals surface area (Å²) in [7, 11) is 4.76. The highest BCUT2D eigenvalue weighted by Gasteiger charge is 2.16. The number of nitrogens with zero attached hydrogens (tertiary/aromatic N) is 1. The molecule has 0 saturated carbocycles. The van der Waals surface area contributed by atoms with Gasteiger partial charge in [-0.15, -0.1) is 0 Å². The number of halogens is 2. The SMILES string of the molecule is CNCCN(C)C(=O)c1ccc(OC)c(OC(F)F)c1. The molecule has 0 atom stereocenters. The van der Waals surface area contributed by atoms with Crippen LogP contribution in [0.4, 0.5) is 8.78 Å². The number of hydrogen-bond acceptors (Lipinski definition) is 4. The molecule has 1 rings (SSSR count). The summed E-state index contributed by atoms with van der Waals surface area (Å²) < 4.78 is 33.9. The average Bonchev–Trinajstić information content (AvgIpc) is 2.43. The normalized spacial score (nSPS) is 10.5. The Morgan fingerprint density at radius 1 is 1.40 bits per heavy atom. The van der Waals surface area contributed by atoms with Crippen LogP contribution in [0.1, 0.15) is 10.4 Å². The topological polar surface area (TPSA) is 50.8 Å². The van der Waals surface area contributed by atoms with Crippen LogP contribution in [0.2, 0.25) is 0 Å². The first-order valence-corrected chi connectivity index (χ1v) is 6.02. The lowest BCUT2D eigenvalue weighted by Crippen LogP contribution is -2.32. The van der Waals surface area contributed by atoms with Gasteiger partial charge < -0.3 is 19.7 Å². The highest BCUT2D eigenvalue weighted by Crippen LogP contribution is 2.29. The summed E-state index contributed by atoms with van der Waals surface area (Å²) in [6, 6.07) is 4.19. The molecule has 20 heavy (non-hydrogen) atoms. The molecule has 0 radical (unpaired) electrons. The minimum absolute atomic E-state index is 0.153. The van der Waals surface area contributed by atoms with Gasteiger partial charge in [-0.3, -0.25) is 4.79 Å². The monoisotopic (exact) mass is 288 g/mol. The lowest BCUT2D eigenvalue weighted by atomic mass is 10.1. The maximum absolute atomic E-state index is 12.3. The van der Waals surface area contributed by atoms with E-state index in [0.29, 0.717) is 13.1 Å². The fourth-order valence-corrected chi connectivity index (χ4v) is 1.60. The number of alkyl halides is 2. The molecule has 1 N–H and O–H groups in total. The van der Waals surface area contributed by atoms with Crippen molar-refractivity contribution in [3.63, 3.8) is 0 Å². The quantitative estimate of drug-likeness (QED) is 0.828. The van der Waals surface area contributed by atoms with Crippen molar-refractivity contribution in [3.05, 3.63) is 23.8 Å². The number of carbonyl (C=O) groups is 1. The molecule has 112 valence electrons. The Balaban J connectivity index is 2.92. The molecule has 0 fully saturated rings. The van der Waals surface area contributed by atoms with E-state index in [1.807, 2.05) is 0 Å². The van der Waals surface area contributed by atoms with Crippen molar-refractivity contribution < 1.29 is 23.0 Å². The fourth-order valence-electron chi connectivity index (χ4n) is 1.60. The first kappa shape index (κ1) is 16.2. The van der Waals surface area contributed by atoms with E-state index >= 15 is 0 Å². The molecule has 0 unspecified atom stereocenters. The number of amides is 1. The van der Waals surface area contributed by atoms with E-state index in [-0.39, 0.29) is 23.0 Å². The maximum atomic E-state index is 12.3. The molecule has 0 spiro atoms. The Morgan fingerprint density at radius 2 is 2.10 bits per heavy atom. The zero-order valence-corrected chi connectivity index (χ0v) is 11.7. The second-order valence-electron chi connectivity index (χ2n) is 4.07. The maximum Gasteiger partial charge on any atom is 0.387 e. The van der Waals surface area contributed by atoms with E-state index in [0.717, 1.165) is 0 Å². The summed E-state index contributed by atoms with van der Waals surface area (Å²) in [6.07, 6.45) is 0. The molecule has 1 aromatic rings. The van der Waals surface area contributed by atoms with Gasteiger partial charge in [0.2, 0.25) is 0 Å². The molecule has 0 heterocycles. The van der Waals surface area contributed by atoms with E-state index in [4.69, 9.17) is 4.74 Å². The van der Waals surface area contributed by atoms with Gasteiger partial charge in [-0.2, -0.15) is 8.78 Å². The lowest BCUT2D eigenvalue weighted by Gasteiger charge is -2.18. The van der Waals surface area contributed by atoms with Crippen molar-refractivity contribution in [2.24, 2.45) is 0 Å². The van der Waals surface area contributed by atoms with E-state index in [1.54, 1.807) is 14.1 Å². The molecule has 0 aliphatic carbocycles. The summed E-state index contributed by atoms with van der Waals surface area (Å²) in [4.78, 5) is 13.6. The number of likely N-dealkylation sites (N-methyl/N-ethyl adjacent to an activating group) is 2. The molecule has 0 aliphatic rings. The predicted octanol–water partition coefficient (Wildman–Crippen LogP) is 1.59. The number of nitrogens with one attached hydrogen (secondary N) is 1. The first-order valence-electron chi connectivity index (χ1n) is 6.02. The molecule has 0 saturated heterocycles. The lowest BCUT2D eigenvalue weighted by molar-refractivity contribution is -0.0512. The van der Waals surface area contributed by atoms with Gasteiger partial charge in [0.25, 0.3) is 5.91 Å². The van der Waals surface area contributed by atoms with Gasteiger partial charge >= 0.3 is 6.61 Å². The van der Waals surface area contributed by atoms with E-state index < -0.39 is 6.61 Å². The summed E-state index contributed by atoms with van der Waals surface area (Å²) in [5.41, 5.74) is 0.264. The Morgan fingerprint density at radius 3 is 2.65 bits per heavy atom. The number of carbonyl (C=O) groups excluding carboxylic acids is 1. The predicted molar refractivity (Wildman–Crippen MR) is 70.5 cm³/mol. The van der Waals surface area contributed by atoms with Crippen LogP contribution in [0.25, 0.3) is 0 Å². The van der Waals surface area contributed by atoms with Gasteiger partial charge in [-0.25, -0.2) is 0 Å². The number of hydrogen-bond donors (Lipinski definition) is 1. The van der Waals surface area contributed by atoms with Crippen LogP contribution in [0.15, 0.2) is 18.2 Å². The van der Waals surface area contributed by atoms with Gasteiger partial charge in [0.05, 0.1) is 7.11 Å². The van der Waals surface area contributed by atoms with Gasteiger partial charge in [-0.1, -0.05) is 0 Å². The zero-order chi connectivity index (χ0) is 15.1.